The lowest BCUT2D eigenvalue weighted by molar-refractivity contribution is -0.142. The van der Waals surface area contributed by atoms with E-state index in [-0.39, 0.29) is 17.9 Å². The molecule has 0 aromatic rings. The molecule has 2 aliphatic rings. The van der Waals surface area contributed by atoms with Crippen molar-refractivity contribution in [1.82, 2.24) is 10.2 Å². The van der Waals surface area contributed by atoms with Crippen molar-refractivity contribution in [3.05, 3.63) is 0 Å². The Kier molecular flexibility index (Phi) is 4.22. The van der Waals surface area contributed by atoms with Crippen LogP contribution >= 0.6 is 0 Å². The average molecular weight is 254 g/mol. The van der Waals surface area contributed by atoms with Crippen molar-refractivity contribution in [3.8, 4) is 0 Å². The van der Waals surface area contributed by atoms with E-state index in [2.05, 4.69) is 17.1 Å². The maximum Gasteiger partial charge on any atom is 0.307 e. The first-order valence-corrected chi connectivity index (χ1v) is 6.70. The predicted molar refractivity (Wildman–Crippen MR) is 66.9 cm³/mol. The van der Waals surface area contributed by atoms with E-state index < -0.39 is 0 Å². The molecular formula is C13H22N2O3. The third-order valence-corrected chi connectivity index (χ3v) is 4.17. The van der Waals surface area contributed by atoms with Crippen molar-refractivity contribution in [2.75, 3.05) is 20.2 Å². The molecule has 2 heterocycles. The van der Waals surface area contributed by atoms with Gasteiger partial charge in [0, 0.05) is 31.6 Å². The van der Waals surface area contributed by atoms with Crippen LogP contribution in [0.5, 0.6) is 0 Å². The van der Waals surface area contributed by atoms with Gasteiger partial charge in [-0.25, -0.2) is 0 Å². The summed E-state index contributed by atoms with van der Waals surface area (Å²) in [6.45, 7) is 3.99. The molecule has 2 saturated heterocycles. The fraction of sp³-hybridized carbons (Fsp3) is 0.846. The van der Waals surface area contributed by atoms with E-state index in [1.165, 1.54) is 7.11 Å². The van der Waals surface area contributed by atoms with Crippen molar-refractivity contribution in [3.63, 3.8) is 0 Å². The fourth-order valence-corrected chi connectivity index (χ4v) is 2.99. The Balaban J connectivity index is 1.86. The lowest BCUT2D eigenvalue weighted by Gasteiger charge is -2.43. The number of carbonyl (C=O) groups is 2. The van der Waals surface area contributed by atoms with Crippen LogP contribution in [-0.2, 0) is 14.3 Å². The van der Waals surface area contributed by atoms with Crippen LogP contribution in [0.2, 0.25) is 0 Å². The minimum Gasteiger partial charge on any atom is -0.469 e. The minimum absolute atomic E-state index is 0.151. The molecular weight excluding hydrogens is 232 g/mol. The molecule has 18 heavy (non-hydrogen) atoms. The van der Waals surface area contributed by atoms with Crippen LogP contribution in [0, 0.1) is 5.92 Å². The van der Waals surface area contributed by atoms with E-state index in [9.17, 15) is 9.59 Å². The molecule has 2 fully saturated rings. The van der Waals surface area contributed by atoms with Crippen LogP contribution in [0.1, 0.15) is 32.6 Å². The minimum atomic E-state index is -0.151. The maximum absolute atomic E-state index is 11.3. The van der Waals surface area contributed by atoms with Crippen LogP contribution in [0.15, 0.2) is 0 Å². The molecule has 0 aliphatic carbocycles. The lowest BCUT2D eigenvalue weighted by Crippen LogP contribution is -2.55. The van der Waals surface area contributed by atoms with E-state index in [0.29, 0.717) is 24.8 Å². The molecule has 0 aromatic heterocycles. The Labute approximate surface area is 108 Å². The molecule has 3 atom stereocenters. The van der Waals surface area contributed by atoms with Gasteiger partial charge in [-0.2, -0.15) is 0 Å². The SMILES string of the molecule is COC(=O)CC(C)N1CCC2NC(=O)CCC2C1. The Hall–Kier alpha value is -1.10. The van der Waals surface area contributed by atoms with Crippen LogP contribution in [0.3, 0.4) is 0 Å². The highest BCUT2D eigenvalue weighted by Crippen LogP contribution is 2.26. The summed E-state index contributed by atoms with van der Waals surface area (Å²) in [6.07, 6.45) is 3.04. The molecule has 3 unspecified atom stereocenters. The van der Waals surface area contributed by atoms with Crippen molar-refractivity contribution in [2.45, 2.75) is 44.7 Å². The van der Waals surface area contributed by atoms with E-state index in [1.54, 1.807) is 0 Å². The Morgan fingerprint density at radius 2 is 2.33 bits per heavy atom. The molecule has 5 nitrogen and oxygen atoms in total. The maximum atomic E-state index is 11.3. The third kappa shape index (κ3) is 3.02. The molecule has 1 amide bonds. The Morgan fingerprint density at radius 3 is 3.06 bits per heavy atom. The van der Waals surface area contributed by atoms with E-state index in [4.69, 9.17) is 4.74 Å². The van der Waals surface area contributed by atoms with E-state index >= 15 is 0 Å². The first-order chi connectivity index (χ1) is 8.60. The standard InChI is InChI=1S/C13H22N2O3/c1-9(7-13(17)18-2)15-6-5-11-10(8-15)3-4-12(16)14-11/h9-11H,3-8H2,1-2H3,(H,14,16). The second kappa shape index (κ2) is 5.69. The van der Waals surface area contributed by atoms with Crippen LogP contribution < -0.4 is 5.32 Å². The van der Waals surface area contributed by atoms with Gasteiger partial charge in [-0.15, -0.1) is 0 Å². The molecule has 0 bridgehead atoms. The summed E-state index contributed by atoms with van der Waals surface area (Å²) in [5, 5.41) is 3.07. The van der Waals surface area contributed by atoms with Gasteiger partial charge < -0.3 is 10.1 Å². The number of fused-ring (bicyclic) bond motifs is 1. The van der Waals surface area contributed by atoms with E-state index in [1.807, 2.05) is 0 Å². The second-order valence-electron chi connectivity index (χ2n) is 5.39. The van der Waals surface area contributed by atoms with Crippen LogP contribution in [0.4, 0.5) is 0 Å². The summed E-state index contributed by atoms with van der Waals surface area (Å²) in [6, 6.07) is 0.559. The number of ether oxygens (including phenoxy) is 1. The van der Waals surface area contributed by atoms with Gasteiger partial charge in [0.2, 0.25) is 5.91 Å². The zero-order chi connectivity index (χ0) is 13.1. The third-order valence-electron chi connectivity index (χ3n) is 4.17. The highest BCUT2D eigenvalue weighted by Gasteiger charge is 2.35. The normalized spacial score (nSPS) is 30.2. The molecule has 0 spiro atoms. The highest BCUT2D eigenvalue weighted by atomic mass is 16.5. The van der Waals surface area contributed by atoms with Gasteiger partial charge in [0.25, 0.3) is 0 Å². The summed E-state index contributed by atoms with van der Waals surface area (Å²) in [4.78, 5) is 25.0. The summed E-state index contributed by atoms with van der Waals surface area (Å²) < 4.78 is 4.71. The highest BCUT2D eigenvalue weighted by molar-refractivity contribution is 5.77. The molecule has 2 rings (SSSR count). The van der Waals surface area contributed by atoms with Gasteiger partial charge in [-0.05, 0) is 25.7 Å². The van der Waals surface area contributed by atoms with Gasteiger partial charge in [0.15, 0.2) is 0 Å². The average Bonchev–Trinajstić information content (AvgIpc) is 2.37. The number of piperidine rings is 2. The zero-order valence-corrected chi connectivity index (χ0v) is 11.1. The summed E-state index contributed by atoms with van der Waals surface area (Å²) in [7, 11) is 1.43. The zero-order valence-electron chi connectivity index (χ0n) is 11.1. The number of amides is 1. The Bertz CT molecular complexity index is 332. The Morgan fingerprint density at radius 1 is 1.56 bits per heavy atom. The largest absolute Gasteiger partial charge is 0.469 e. The predicted octanol–water partition coefficient (Wildman–Crippen LogP) is 0.539. The van der Waals surface area contributed by atoms with Gasteiger partial charge >= 0.3 is 5.97 Å². The number of methoxy groups -OCH3 is 1. The van der Waals surface area contributed by atoms with Crippen LogP contribution in [-0.4, -0.2) is 49.1 Å². The smallest absolute Gasteiger partial charge is 0.307 e. The molecule has 0 radical (unpaired) electrons. The first kappa shape index (κ1) is 13.3. The van der Waals surface area contributed by atoms with Crippen molar-refractivity contribution in [1.29, 1.82) is 0 Å². The number of hydrogen-bond acceptors (Lipinski definition) is 4. The number of rotatable bonds is 3. The summed E-state index contributed by atoms with van der Waals surface area (Å²) in [5.74, 6) is 0.574. The lowest BCUT2D eigenvalue weighted by atomic mass is 9.84. The number of nitrogens with zero attached hydrogens (tertiary/aromatic N) is 1. The molecule has 0 aromatic carbocycles. The summed E-state index contributed by atoms with van der Waals surface area (Å²) >= 11 is 0. The quantitative estimate of drug-likeness (QED) is 0.747. The molecule has 2 aliphatic heterocycles. The number of carbonyl (C=O) groups excluding carboxylic acids is 2. The summed E-state index contributed by atoms with van der Waals surface area (Å²) in [5.41, 5.74) is 0. The number of likely N-dealkylation sites (tertiary alicyclic amines) is 1. The first-order valence-electron chi connectivity index (χ1n) is 6.70. The number of hydrogen-bond donors (Lipinski definition) is 1. The van der Waals surface area contributed by atoms with Gasteiger partial charge in [-0.1, -0.05) is 0 Å². The van der Waals surface area contributed by atoms with Crippen LogP contribution in [0.25, 0.3) is 0 Å². The number of esters is 1. The van der Waals surface area contributed by atoms with Gasteiger partial charge in [-0.3, -0.25) is 14.5 Å². The van der Waals surface area contributed by atoms with Crippen molar-refractivity contribution in [2.24, 2.45) is 5.92 Å². The molecule has 102 valence electrons. The van der Waals surface area contributed by atoms with E-state index in [0.717, 1.165) is 25.9 Å². The molecule has 1 N–H and O–H groups in total. The molecule has 5 heteroatoms. The van der Waals surface area contributed by atoms with Gasteiger partial charge in [0.05, 0.1) is 13.5 Å². The van der Waals surface area contributed by atoms with Gasteiger partial charge in [0.1, 0.15) is 0 Å². The fourth-order valence-electron chi connectivity index (χ4n) is 2.99. The number of nitrogens with one attached hydrogen (secondary N) is 1. The second-order valence-corrected chi connectivity index (χ2v) is 5.39. The van der Waals surface area contributed by atoms with Crippen molar-refractivity contribution < 1.29 is 14.3 Å². The van der Waals surface area contributed by atoms with Crippen molar-refractivity contribution >= 4 is 11.9 Å². The topological polar surface area (TPSA) is 58.6 Å². The molecule has 0 saturated carbocycles. The monoisotopic (exact) mass is 254 g/mol.